The Hall–Kier alpha value is -2.43. The third-order valence-corrected chi connectivity index (χ3v) is 3.57. The molecule has 0 radical (unpaired) electrons. The van der Waals surface area contributed by atoms with Crippen LogP contribution in [0, 0.1) is 6.92 Å². The van der Waals surface area contributed by atoms with Crippen molar-refractivity contribution in [2.75, 3.05) is 13.1 Å². The highest BCUT2D eigenvalue weighted by Gasteiger charge is 2.06. The van der Waals surface area contributed by atoms with Gasteiger partial charge in [0.2, 0.25) is 0 Å². The third-order valence-electron chi connectivity index (χ3n) is 3.57. The van der Waals surface area contributed by atoms with Crippen molar-refractivity contribution in [1.82, 2.24) is 15.2 Å². The molecule has 2 rings (SSSR count). The van der Waals surface area contributed by atoms with E-state index in [-0.39, 0.29) is 6.10 Å². The summed E-state index contributed by atoms with van der Waals surface area (Å²) in [5, 5.41) is 6.60. The van der Waals surface area contributed by atoms with E-state index in [1.165, 1.54) is 11.1 Å². The van der Waals surface area contributed by atoms with E-state index in [4.69, 9.17) is 4.74 Å². The lowest BCUT2D eigenvalue weighted by Gasteiger charge is -2.17. The fourth-order valence-electron chi connectivity index (χ4n) is 2.30. The van der Waals surface area contributed by atoms with Crippen molar-refractivity contribution in [3.05, 3.63) is 53.9 Å². The second-order valence-corrected chi connectivity index (χ2v) is 6.00. The van der Waals surface area contributed by atoms with Crippen molar-refractivity contribution in [3.8, 4) is 5.75 Å². The van der Waals surface area contributed by atoms with Crippen molar-refractivity contribution in [1.29, 1.82) is 0 Å². The quantitative estimate of drug-likeness (QED) is 0.607. The Balaban J connectivity index is 1.84. The molecule has 24 heavy (non-hydrogen) atoms. The molecule has 0 amide bonds. The van der Waals surface area contributed by atoms with Crippen molar-refractivity contribution in [3.63, 3.8) is 0 Å². The van der Waals surface area contributed by atoms with E-state index < -0.39 is 0 Å². The fraction of sp³-hybridized carbons (Fsp3) is 0.421. The highest BCUT2D eigenvalue weighted by molar-refractivity contribution is 5.79. The van der Waals surface area contributed by atoms with E-state index in [0.717, 1.165) is 18.3 Å². The van der Waals surface area contributed by atoms with Crippen LogP contribution in [0.5, 0.6) is 5.75 Å². The van der Waals surface area contributed by atoms with Crippen molar-refractivity contribution in [2.45, 2.75) is 33.4 Å². The zero-order valence-electron chi connectivity index (χ0n) is 15.0. The Kier molecular flexibility index (Phi) is 6.73. The number of benzene rings is 1. The maximum atomic E-state index is 5.92. The van der Waals surface area contributed by atoms with Gasteiger partial charge in [0.1, 0.15) is 11.9 Å². The van der Waals surface area contributed by atoms with Gasteiger partial charge in [-0.15, -0.1) is 0 Å². The molecule has 0 saturated carbocycles. The Morgan fingerprint density at radius 2 is 1.96 bits per heavy atom. The molecule has 5 nitrogen and oxygen atoms in total. The summed E-state index contributed by atoms with van der Waals surface area (Å²) in [5.41, 5.74) is 2.43. The molecular formula is C19H28N4O. The van der Waals surface area contributed by atoms with Crippen molar-refractivity contribution >= 4 is 5.96 Å². The van der Waals surface area contributed by atoms with Gasteiger partial charge in [-0.05, 0) is 44.5 Å². The van der Waals surface area contributed by atoms with Crippen LogP contribution in [0.3, 0.4) is 0 Å². The van der Waals surface area contributed by atoms with E-state index in [2.05, 4.69) is 53.9 Å². The SMILES string of the molecule is CCNC(=NCc1ccn(C)c1)NCC(C)Oc1ccc(C)cc1. The highest BCUT2D eigenvalue weighted by atomic mass is 16.5. The van der Waals surface area contributed by atoms with E-state index in [9.17, 15) is 0 Å². The van der Waals surface area contributed by atoms with Gasteiger partial charge in [0.05, 0.1) is 13.1 Å². The second kappa shape index (κ2) is 9.01. The molecule has 2 N–H and O–H groups in total. The molecule has 130 valence electrons. The van der Waals surface area contributed by atoms with E-state index >= 15 is 0 Å². The van der Waals surface area contributed by atoms with Gasteiger partial charge in [-0.1, -0.05) is 17.7 Å². The number of aliphatic imine (C=N–C) groups is 1. The molecule has 0 aliphatic carbocycles. The normalized spacial score (nSPS) is 12.8. The monoisotopic (exact) mass is 328 g/mol. The third kappa shape index (κ3) is 5.99. The van der Waals surface area contributed by atoms with Crippen molar-refractivity contribution in [2.24, 2.45) is 12.0 Å². The standard InChI is InChI=1S/C19H28N4O/c1-5-20-19(22-13-17-10-11-23(4)14-17)21-12-16(3)24-18-8-6-15(2)7-9-18/h6-11,14,16H,5,12-13H2,1-4H3,(H2,20,21,22). The van der Waals surface area contributed by atoms with E-state index in [1.54, 1.807) is 0 Å². The summed E-state index contributed by atoms with van der Waals surface area (Å²) in [7, 11) is 2.01. The molecule has 0 aliphatic heterocycles. The van der Waals surface area contributed by atoms with Gasteiger partial charge in [-0.2, -0.15) is 0 Å². The lowest BCUT2D eigenvalue weighted by atomic mass is 10.2. The maximum Gasteiger partial charge on any atom is 0.191 e. The number of hydrogen-bond donors (Lipinski definition) is 2. The van der Waals surface area contributed by atoms with Gasteiger partial charge < -0.3 is 19.9 Å². The van der Waals surface area contributed by atoms with Gasteiger partial charge in [0.15, 0.2) is 5.96 Å². The summed E-state index contributed by atoms with van der Waals surface area (Å²) in [4.78, 5) is 4.61. The molecule has 0 aliphatic rings. The fourth-order valence-corrected chi connectivity index (χ4v) is 2.30. The first-order valence-electron chi connectivity index (χ1n) is 8.43. The maximum absolute atomic E-state index is 5.92. The summed E-state index contributed by atoms with van der Waals surface area (Å²) < 4.78 is 7.95. The van der Waals surface area contributed by atoms with E-state index in [1.807, 2.05) is 36.9 Å². The molecule has 0 spiro atoms. The Bertz CT molecular complexity index is 646. The van der Waals surface area contributed by atoms with Crippen LogP contribution in [-0.4, -0.2) is 29.7 Å². The van der Waals surface area contributed by atoms with E-state index in [0.29, 0.717) is 13.1 Å². The average Bonchev–Trinajstić information content (AvgIpc) is 2.98. The minimum Gasteiger partial charge on any atom is -0.489 e. The number of aromatic nitrogens is 1. The Labute approximate surface area is 144 Å². The minimum atomic E-state index is 0.0493. The zero-order valence-corrected chi connectivity index (χ0v) is 15.0. The Morgan fingerprint density at radius 3 is 2.58 bits per heavy atom. The lowest BCUT2D eigenvalue weighted by Crippen LogP contribution is -2.41. The van der Waals surface area contributed by atoms with Gasteiger partial charge in [-0.25, -0.2) is 4.99 Å². The van der Waals surface area contributed by atoms with Crippen LogP contribution in [0.15, 0.2) is 47.7 Å². The molecule has 2 aromatic rings. The number of nitrogens with one attached hydrogen (secondary N) is 2. The summed E-state index contributed by atoms with van der Waals surface area (Å²) in [6.07, 6.45) is 4.16. The minimum absolute atomic E-state index is 0.0493. The number of nitrogens with zero attached hydrogens (tertiary/aromatic N) is 2. The predicted molar refractivity (Wildman–Crippen MR) is 99.5 cm³/mol. The number of hydrogen-bond acceptors (Lipinski definition) is 2. The molecule has 0 bridgehead atoms. The van der Waals surface area contributed by atoms with Gasteiger partial charge >= 0.3 is 0 Å². The molecule has 1 aromatic carbocycles. The van der Waals surface area contributed by atoms with Gasteiger partial charge in [0, 0.05) is 26.0 Å². The molecule has 1 unspecified atom stereocenters. The molecule has 5 heteroatoms. The second-order valence-electron chi connectivity index (χ2n) is 6.00. The summed E-state index contributed by atoms with van der Waals surface area (Å²) in [6.45, 7) is 8.35. The first-order valence-corrected chi connectivity index (χ1v) is 8.43. The van der Waals surface area contributed by atoms with Crippen LogP contribution in [-0.2, 0) is 13.6 Å². The number of guanidine groups is 1. The highest BCUT2D eigenvalue weighted by Crippen LogP contribution is 2.12. The van der Waals surface area contributed by atoms with Crippen LogP contribution in [0.25, 0.3) is 0 Å². The van der Waals surface area contributed by atoms with Crippen LogP contribution >= 0.6 is 0 Å². The van der Waals surface area contributed by atoms with Crippen molar-refractivity contribution < 1.29 is 4.74 Å². The predicted octanol–water partition coefficient (Wildman–Crippen LogP) is 2.86. The van der Waals surface area contributed by atoms with Crippen LogP contribution < -0.4 is 15.4 Å². The first-order chi connectivity index (χ1) is 11.6. The summed E-state index contributed by atoms with van der Waals surface area (Å²) in [5.74, 6) is 1.70. The molecule has 1 aromatic heterocycles. The number of aryl methyl sites for hydroxylation is 2. The first kappa shape index (κ1) is 17.9. The van der Waals surface area contributed by atoms with Crippen LogP contribution in [0.2, 0.25) is 0 Å². The lowest BCUT2D eigenvalue weighted by molar-refractivity contribution is 0.224. The smallest absolute Gasteiger partial charge is 0.191 e. The number of ether oxygens (including phenoxy) is 1. The molecule has 0 saturated heterocycles. The van der Waals surface area contributed by atoms with Crippen LogP contribution in [0.1, 0.15) is 25.0 Å². The Morgan fingerprint density at radius 1 is 1.21 bits per heavy atom. The van der Waals surface area contributed by atoms with Gasteiger partial charge in [0.25, 0.3) is 0 Å². The molecule has 1 atom stereocenters. The van der Waals surface area contributed by atoms with Crippen LogP contribution in [0.4, 0.5) is 0 Å². The molecule has 1 heterocycles. The summed E-state index contributed by atoms with van der Waals surface area (Å²) in [6, 6.07) is 10.2. The van der Waals surface area contributed by atoms with Gasteiger partial charge in [-0.3, -0.25) is 0 Å². The summed E-state index contributed by atoms with van der Waals surface area (Å²) >= 11 is 0. The molecule has 0 fully saturated rings. The number of rotatable bonds is 7. The topological polar surface area (TPSA) is 50.6 Å². The largest absolute Gasteiger partial charge is 0.489 e. The zero-order chi connectivity index (χ0) is 17.4. The average molecular weight is 328 g/mol. The molecular weight excluding hydrogens is 300 g/mol.